The minimum absolute atomic E-state index is 0.336. The number of nitrogens with zero attached hydrogens (tertiary/aromatic N) is 2. The third kappa shape index (κ3) is 3.78. The molecule has 1 N–H and O–H groups in total. The molecule has 0 atom stereocenters. The van der Waals surface area contributed by atoms with E-state index in [2.05, 4.69) is 9.62 Å². The van der Waals surface area contributed by atoms with Crippen LogP contribution in [-0.4, -0.2) is 18.2 Å². The van der Waals surface area contributed by atoms with E-state index >= 15 is 0 Å². The molecular weight excluding hydrogens is 365 g/mol. The molecule has 2 aromatic carbocycles. The Balaban J connectivity index is 1.86. The summed E-state index contributed by atoms with van der Waals surface area (Å²) in [5.41, 5.74) is 2.18. The number of carbonyl (C=O) groups excluding carboxylic acids is 1. The molecule has 1 saturated heterocycles. The maximum atomic E-state index is 12.6. The predicted octanol–water partition coefficient (Wildman–Crippen LogP) is 4.98. The van der Waals surface area contributed by atoms with Crippen LogP contribution in [0.3, 0.4) is 0 Å². The van der Waals surface area contributed by atoms with Gasteiger partial charge in [0.25, 0.3) is 5.91 Å². The molecule has 2 aromatic rings. The maximum absolute atomic E-state index is 12.6. The minimum atomic E-state index is -0.336. The maximum Gasteiger partial charge on any atom is 0.257 e. The average Bonchev–Trinajstić information content (AvgIpc) is 3.09. The Morgan fingerprint density at radius 1 is 1.25 bits per heavy atom. The lowest BCUT2D eigenvalue weighted by Crippen LogP contribution is -2.15. The Morgan fingerprint density at radius 2 is 2.08 bits per heavy atom. The van der Waals surface area contributed by atoms with Gasteiger partial charge in [0.2, 0.25) is 0 Å². The third-order valence-corrected chi connectivity index (χ3v) is 5.24. The fourth-order valence-corrected chi connectivity index (χ4v) is 3.86. The first-order chi connectivity index (χ1) is 11.6. The van der Waals surface area contributed by atoms with Crippen molar-refractivity contribution < 1.29 is 4.79 Å². The highest BCUT2D eigenvalue weighted by atomic mass is 35.5. The van der Waals surface area contributed by atoms with Crippen LogP contribution in [0.1, 0.15) is 22.3 Å². The fourth-order valence-electron chi connectivity index (χ4n) is 2.42. The number of anilines is 2. The van der Waals surface area contributed by atoms with Gasteiger partial charge in [0.1, 0.15) is 0 Å². The number of benzene rings is 2. The molecule has 0 aromatic heterocycles. The molecule has 0 radical (unpaired) electrons. The predicted molar refractivity (Wildman–Crippen MR) is 100.0 cm³/mol. The summed E-state index contributed by atoms with van der Waals surface area (Å²) in [5.74, 6) is 0.737. The van der Waals surface area contributed by atoms with E-state index in [4.69, 9.17) is 28.5 Å². The van der Waals surface area contributed by atoms with Crippen molar-refractivity contribution in [3.63, 3.8) is 0 Å². The first-order valence-electron chi connectivity index (χ1n) is 7.29. The summed E-state index contributed by atoms with van der Waals surface area (Å²) < 4.78 is 2.15. The van der Waals surface area contributed by atoms with Gasteiger partial charge >= 0.3 is 0 Å². The minimum Gasteiger partial charge on any atom is -0.322 e. The fraction of sp³-hybridized carbons (Fsp3) is 0.176. The van der Waals surface area contributed by atoms with Gasteiger partial charge in [0, 0.05) is 28.7 Å². The van der Waals surface area contributed by atoms with Gasteiger partial charge in [-0.3, -0.25) is 4.79 Å². The van der Waals surface area contributed by atoms with Crippen molar-refractivity contribution in [2.24, 2.45) is 0 Å². The van der Waals surface area contributed by atoms with Crippen LogP contribution in [0.5, 0.6) is 0 Å². The standard InChI is InChI=1S/C17H13Cl2N3OS/c18-12-6-11(10-20)7-13(8-12)21-17(23)15-9-14(2-3-16(15)19)22-4-1-5-24-22/h2-3,6-9H,1,4-5H2,(H,21,23). The van der Waals surface area contributed by atoms with Crippen molar-refractivity contribution in [1.29, 1.82) is 5.26 Å². The van der Waals surface area contributed by atoms with Crippen LogP contribution >= 0.6 is 35.1 Å². The highest BCUT2D eigenvalue weighted by Crippen LogP contribution is 2.31. The first kappa shape index (κ1) is 17.0. The number of nitriles is 1. The van der Waals surface area contributed by atoms with E-state index in [0.29, 0.717) is 26.9 Å². The van der Waals surface area contributed by atoms with E-state index in [0.717, 1.165) is 24.4 Å². The van der Waals surface area contributed by atoms with Crippen LogP contribution in [0.4, 0.5) is 11.4 Å². The van der Waals surface area contributed by atoms with Crippen molar-refractivity contribution in [3.05, 3.63) is 57.6 Å². The number of amides is 1. The average molecular weight is 378 g/mol. The lowest BCUT2D eigenvalue weighted by Gasteiger charge is -2.17. The molecule has 0 spiro atoms. The van der Waals surface area contributed by atoms with Crippen LogP contribution < -0.4 is 9.62 Å². The van der Waals surface area contributed by atoms with Crippen LogP contribution in [0.25, 0.3) is 0 Å². The van der Waals surface area contributed by atoms with E-state index in [1.807, 2.05) is 12.1 Å². The number of rotatable bonds is 3. The summed E-state index contributed by atoms with van der Waals surface area (Å²) >= 11 is 13.9. The molecule has 0 aliphatic carbocycles. The normalized spacial score (nSPS) is 13.6. The zero-order valence-electron chi connectivity index (χ0n) is 12.6. The Morgan fingerprint density at radius 3 is 2.79 bits per heavy atom. The van der Waals surface area contributed by atoms with Crippen LogP contribution in [0, 0.1) is 11.3 Å². The molecule has 0 saturated carbocycles. The quantitative estimate of drug-likeness (QED) is 0.766. The van der Waals surface area contributed by atoms with Crippen molar-refractivity contribution in [2.45, 2.75) is 6.42 Å². The molecule has 24 heavy (non-hydrogen) atoms. The highest BCUT2D eigenvalue weighted by Gasteiger charge is 2.18. The van der Waals surface area contributed by atoms with Crippen molar-refractivity contribution in [3.8, 4) is 6.07 Å². The Bertz CT molecular complexity index is 829. The molecule has 7 heteroatoms. The second kappa shape index (κ2) is 7.35. The zero-order valence-corrected chi connectivity index (χ0v) is 14.9. The highest BCUT2D eigenvalue weighted by molar-refractivity contribution is 8.00. The third-order valence-electron chi connectivity index (χ3n) is 3.52. The molecule has 0 bridgehead atoms. The van der Waals surface area contributed by atoms with Gasteiger partial charge in [-0.05, 0) is 54.8 Å². The topological polar surface area (TPSA) is 56.1 Å². The van der Waals surface area contributed by atoms with Crippen LogP contribution in [0.2, 0.25) is 10.0 Å². The van der Waals surface area contributed by atoms with Gasteiger partial charge in [-0.1, -0.05) is 23.2 Å². The van der Waals surface area contributed by atoms with Crippen LogP contribution in [-0.2, 0) is 0 Å². The molecule has 1 aliphatic heterocycles. The van der Waals surface area contributed by atoms with Gasteiger partial charge in [0.05, 0.1) is 22.2 Å². The van der Waals surface area contributed by atoms with E-state index in [1.54, 1.807) is 36.2 Å². The number of hydrogen-bond donors (Lipinski definition) is 1. The summed E-state index contributed by atoms with van der Waals surface area (Å²) in [6.45, 7) is 0.952. The summed E-state index contributed by atoms with van der Waals surface area (Å²) in [6.07, 6.45) is 1.12. The second-order valence-corrected chi connectivity index (χ2v) is 7.20. The molecule has 1 fully saturated rings. The van der Waals surface area contributed by atoms with E-state index in [-0.39, 0.29) is 5.91 Å². The Labute approximate surface area is 154 Å². The number of nitrogens with one attached hydrogen (secondary N) is 1. The lowest BCUT2D eigenvalue weighted by molar-refractivity contribution is 0.102. The molecule has 1 aliphatic rings. The number of halogens is 2. The summed E-state index contributed by atoms with van der Waals surface area (Å²) in [7, 11) is 0. The molecular formula is C17H13Cl2N3OS. The molecule has 1 amide bonds. The van der Waals surface area contributed by atoms with Crippen LogP contribution in [0.15, 0.2) is 36.4 Å². The largest absolute Gasteiger partial charge is 0.322 e. The summed E-state index contributed by atoms with van der Waals surface area (Å²) in [4.78, 5) is 12.6. The van der Waals surface area contributed by atoms with E-state index < -0.39 is 0 Å². The number of hydrogen-bond acceptors (Lipinski definition) is 4. The molecule has 0 unspecified atom stereocenters. The zero-order chi connectivity index (χ0) is 17.1. The van der Waals surface area contributed by atoms with Crippen molar-refractivity contribution in [1.82, 2.24) is 0 Å². The molecule has 3 rings (SSSR count). The second-order valence-electron chi connectivity index (χ2n) is 5.25. The van der Waals surface area contributed by atoms with E-state index in [1.165, 1.54) is 6.07 Å². The summed E-state index contributed by atoms with van der Waals surface area (Å²) in [6, 6.07) is 12.1. The van der Waals surface area contributed by atoms with Gasteiger partial charge in [0.15, 0.2) is 0 Å². The number of carbonyl (C=O) groups is 1. The smallest absolute Gasteiger partial charge is 0.257 e. The van der Waals surface area contributed by atoms with E-state index in [9.17, 15) is 4.79 Å². The van der Waals surface area contributed by atoms with Crippen molar-refractivity contribution in [2.75, 3.05) is 21.9 Å². The van der Waals surface area contributed by atoms with Crippen molar-refractivity contribution >= 4 is 52.4 Å². The Hall–Kier alpha value is -1.87. The summed E-state index contributed by atoms with van der Waals surface area (Å²) in [5, 5.41) is 12.5. The lowest BCUT2D eigenvalue weighted by atomic mass is 10.1. The molecule has 4 nitrogen and oxygen atoms in total. The van der Waals surface area contributed by atoms with Gasteiger partial charge in [-0.25, -0.2) is 0 Å². The SMILES string of the molecule is N#Cc1cc(Cl)cc(NC(=O)c2cc(N3CCCS3)ccc2Cl)c1. The van der Waals surface area contributed by atoms with Gasteiger partial charge < -0.3 is 9.62 Å². The Kier molecular flexibility index (Phi) is 5.20. The van der Waals surface area contributed by atoms with Gasteiger partial charge in [-0.2, -0.15) is 5.26 Å². The van der Waals surface area contributed by atoms with Gasteiger partial charge in [-0.15, -0.1) is 0 Å². The monoisotopic (exact) mass is 377 g/mol. The first-order valence-corrected chi connectivity index (χ1v) is 8.99. The molecule has 122 valence electrons. The molecule has 1 heterocycles.